The van der Waals surface area contributed by atoms with Gasteiger partial charge in [-0.15, -0.1) is 0 Å². The van der Waals surface area contributed by atoms with Gasteiger partial charge in [-0.05, 0) is 43.0 Å². The second-order valence-corrected chi connectivity index (χ2v) is 6.40. The number of likely N-dealkylation sites (tertiary alicyclic amines) is 1. The smallest absolute Gasteiger partial charge is 0.0482 e. The lowest BCUT2D eigenvalue weighted by Gasteiger charge is -2.44. The molecule has 2 aromatic rings. The van der Waals surface area contributed by atoms with Crippen LogP contribution in [0, 0.1) is 0 Å². The van der Waals surface area contributed by atoms with E-state index in [1.807, 2.05) is 0 Å². The fourth-order valence-corrected chi connectivity index (χ4v) is 4.01. The van der Waals surface area contributed by atoms with E-state index >= 15 is 0 Å². The molecule has 0 aromatic heterocycles. The minimum Gasteiger partial charge on any atom is -0.329 e. The quantitative estimate of drug-likeness (QED) is 0.918. The molecule has 3 unspecified atom stereocenters. The van der Waals surface area contributed by atoms with Crippen molar-refractivity contribution in [3.05, 3.63) is 48.0 Å². The van der Waals surface area contributed by atoms with Crippen LogP contribution in [-0.4, -0.2) is 23.5 Å². The molecule has 0 bridgehead atoms. The minimum atomic E-state index is 0.321. The molecule has 0 spiro atoms. The highest BCUT2D eigenvalue weighted by Gasteiger charge is 2.31. The van der Waals surface area contributed by atoms with Gasteiger partial charge >= 0.3 is 0 Å². The molecule has 0 radical (unpaired) electrons. The molecule has 0 saturated carbocycles. The number of nitrogens with two attached hydrogens (primary N) is 1. The van der Waals surface area contributed by atoms with Crippen LogP contribution >= 0.6 is 0 Å². The van der Waals surface area contributed by atoms with Gasteiger partial charge < -0.3 is 5.73 Å². The zero-order valence-corrected chi connectivity index (χ0v) is 13.1. The van der Waals surface area contributed by atoms with Crippen LogP contribution in [0.2, 0.25) is 0 Å². The zero-order chi connectivity index (χ0) is 14.8. The SMILES string of the molecule is CC1CCCC(C)N1C(CN)c1cccc2ccccc12. The molecule has 1 heterocycles. The monoisotopic (exact) mass is 282 g/mol. The molecule has 112 valence electrons. The Morgan fingerprint density at radius 1 is 1.05 bits per heavy atom. The van der Waals surface area contributed by atoms with Crippen LogP contribution in [0.3, 0.4) is 0 Å². The molecule has 2 aromatic carbocycles. The van der Waals surface area contributed by atoms with E-state index in [9.17, 15) is 0 Å². The summed E-state index contributed by atoms with van der Waals surface area (Å²) in [5, 5.41) is 2.66. The van der Waals surface area contributed by atoms with Gasteiger partial charge in [0.1, 0.15) is 0 Å². The lowest BCUT2D eigenvalue weighted by Crippen LogP contribution is -2.48. The van der Waals surface area contributed by atoms with Crippen molar-refractivity contribution in [1.29, 1.82) is 0 Å². The Bertz CT molecular complexity index is 592. The van der Waals surface area contributed by atoms with Crippen molar-refractivity contribution >= 4 is 10.8 Å². The number of piperidine rings is 1. The summed E-state index contributed by atoms with van der Waals surface area (Å²) in [5.74, 6) is 0. The number of rotatable bonds is 3. The van der Waals surface area contributed by atoms with Crippen LogP contribution in [0.15, 0.2) is 42.5 Å². The number of fused-ring (bicyclic) bond motifs is 1. The molecule has 1 saturated heterocycles. The average Bonchev–Trinajstić information content (AvgIpc) is 2.51. The molecule has 2 N–H and O–H groups in total. The Kier molecular flexibility index (Phi) is 4.27. The van der Waals surface area contributed by atoms with E-state index in [2.05, 4.69) is 61.2 Å². The van der Waals surface area contributed by atoms with E-state index in [0.717, 1.165) is 0 Å². The number of hydrogen-bond acceptors (Lipinski definition) is 2. The Morgan fingerprint density at radius 3 is 2.43 bits per heavy atom. The summed E-state index contributed by atoms with van der Waals surface area (Å²) in [6.07, 6.45) is 3.91. The molecule has 2 heteroatoms. The van der Waals surface area contributed by atoms with Gasteiger partial charge in [0.2, 0.25) is 0 Å². The van der Waals surface area contributed by atoms with Gasteiger partial charge in [0.15, 0.2) is 0 Å². The van der Waals surface area contributed by atoms with Crippen molar-refractivity contribution in [2.45, 2.75) is 51.2 Å². The van der Waals surface area contributed by atoms with Gasteiger partial charge in [-0.1, -0.05) is 48.9 Å². The van der Waals surface area contributed by atoms with E-state index in [4.69, 9.17) is 5.73 Å². The summed E-state index contributed by atoms with van der Waals surface area (Å²) in [6, 6.07) is 16.8. The largest absolute Gasteiger partial charge is 0.329 e. The second kappa shape index (κ2) is 6.17. The third-order valence-corrected chi connectivity index (χ3v) is 5.03. The predicted molar refractivity (Wildman–Crippen MR) is 90.4 cm³/mol. The van der Waals surface area contributed by atoms with Gasteiger partial charge in [0.25, 0.3) is 0 Å². The molecule has 0 aliphatic carbocycles. The first-order valence-corrected chi connectivity index (χ1v) is 8.17. The molecular formula is C19H26N2. The lowest BCUT2D eigenvalue weighted by atomic mass is 9.90. The fraction of sp³-hybridized carbons (Fsp3) is 0.474. The van der Waals surface area contributed by atoms with Crippen LogP contribution in [0.1, 0.15) is 44.7 Å². The normalized spacial score (nSPS) is 25.1. The van der Waals surface area contributed by atoms with Gasteiger partial charge in [0, 0.05) is 24.7 Å². The summed E-state index contributed by atoms with van der Waals surface area (Å²) in [5.41, 5.74) is 7.59. The summed E-state index contributed by atoms with van der Waals surface area (Å²) in [7, 11) is 0. The molecule has 3 atom stereocenters. The zero-order valence-electron chi connectivity index (χ0n) is 13.1. The second-order valence-electron chi connectivity index (χ2n) is 6.40. The molecule has 1 fully saturated rings. The fourth-order valence-electron chi connectivity index (χ4n) is 4.01. The number of nitrogens with zero attached hydrogens (tertiary/aromatic N) is 1. The average molecular weight is 282 g/mol. The van der Waals surface area contributed by atoms with Crippen LogP contribution in [0.4, 0.5) is 0 Å². The summed E-state index contributed by atoms with van der Waals surface area (Å²) in [4.78, 5) is 2.64. The standard InChI is InChI=1S/C19H26N2/c1-14-7-5-8-15(2)21(14)19(13-20)18-12-6-10-16-9-3-4-11-17(16)18/h3-4,6,9-12,14-15,19H,5,7-8,13,20H2,1-2H3. The maximum Gasteiger partial charge on any atom is 0.0482 e. The maximum absolute atomic E-state index is 6.21. The van der Waals surface area contributed by atoms with Crippen LogP contribution in [0.25, 0.3) is 10.8 Å². The summed E-state index contributed by atoms with van der Waals surface area (Å²) < 4.78 is 0. The highest BCUT2D eigenvalue weighted by molar-refractivity contribution is 5.86. The summed E-state index contributed by atoms with van der Waals surface area (Å²) >= 11 is 0. The molecule has 3 rings (SSSR count). The third kappa shape index (κ3) is 2.70. The van der Waals surface area contributed by atoms with Crippen LogP contribution in [0.5, 0.6) is 0 Å². The minimum absolute atomic E-state index is 0.321. The Labute approximate surface area is 127 Å². The number of hydrogen-bond donors (Lipinski definition) is 1. The first-order chi connectivity index (χ1) is 10.2. The molecule has 0 amide bonds. The van der Waals surface area contributed by atoms with E-state index in [1.54, 1.807) is 0 Å². The van der Waals surface area contributed by atoms with Gasteiger partial charge in [-0.3, -0.25) is 4.90 Å². The van der Waals surface area contributed by atoms with E-state index < -0.39 is 0 Å². The van der Waals surface area contributed by atoms with E-state index in [1.165, 1.54) is 35.6 Å². The Balaban J connectivity index is 2.05. The van der Waals surface area contributed by atoms with Crippen LogP contribution < -0.4 is 5.73 Å². The van der Waals surface area contributed by atoms with E-state index in [-0.39, 0.29) is 0 Å². The first-order valence-electron chi connectivity index (χ1n) is 8.17. The van der Waals surface area contributed by atoms with Crippen molar-refractivity contribution < 1.29 is 0 Å². The third-order valence-electron chi connectivity index (χ3n) is 5.03. The predicted octanol–water partition coefficient (Wildman–Crippen LogP) is 4.10. The first kappa shape index (κ1) is 14.6. The van der Waals surface area contributed by atoms with E-state index in [0.29, 0.717) is 24.7 Å². The highest BCUT2D eigenvalue weighted by atomic mass is 15.2. The highest BCUT2D eigenvalue weighted by Crippen LogP contribution is 2.34. The molecule has 2 nitrogen and oxygen atoms in total. The topological polar surface area (TPSA) is 29.3 Å². The van der Waals surface area contributed by atoms with Gasteiger partial charge in [0.05, 0.1) is 0 Å². The van der Waals surface area contributed by atoms with Crippen molar-refractivity contribution in [3.8, 4) is 0 Å². The van der Waals surface area contributed by atoms with Crippen molar-refractivity contribution in [3.63, 3.8) is 0 Å². The molecule has 1 aliphatic heterocycles. The molecule has 1 aliphatic rings. The van der Waals surface area contributed by atoms with Gasteiger partial charge in [-0.2, -0.15) is 0 Å². The van der Waals surface area contributed by atoms with Crippen LogP contribution in [-0.2, 0) is 0 Å². The Morgan fingerprint density at radius 2 is 1.71 bits per heavy atom. The lowest BCUT2D eigenvalue weighted by molar-refractivity contribution is 0.0584. The maximum atomic E-state index is 6.21. The van der Waals surface area contributed by atoms with Crippen molar-refractivity contribution in [2.24, 2.45) is 5.73 Å². The van der Waals surface area contributed by atoms with Crippen molar-refractivity contribution in [1.82, 2.24) is 4.90 Å². The van der Waals surface area contributed by atoms with Crippen molar-refractivity contribution in [2.75, 3.05) is 6.54 Å². The van der Waals surface area contributed by atoms with Gasteiger partial charge in [-0.25, -0.2) is 0 Å². The molecular weight excluding hydrogens is 256 g/mol. The Hall–Kier alpha value is -1.38. The molecule has 21 heavy (non-hydrogen) atoms. The summed E-state index contributed by atoms with van der Waals surface area (Å²) in [6.45, 7) is 5.38. The number of benzene rings is 2.